The van der Waals surface area contributed by atoms with Crippen molar-refractivity contribution in [2.45, 2.75) is 9.92 Å². The number of nitro groups is 1. The summed E-state index contributed by atoms with van der Waals surface area (Å²) in [5.41, 5.74) is -0.692. The van der Waals surface area contributed by atoms with Gasteiger partial charge in [-0.15, -0.1) is 0 Å². The Morgan fingerprint density at radius 1 is 1.38 bits per heavy atom. The van der Waals surface area contributed by atoms with E-state index in [1.165, 1.54) is 30.6 Å². The Labute approximate surface area is 122 Å². The van der Waals surface area contributed by atoms with Gasteiger partial charge in [-0.25, -0.2) is 14.8 Å². The van der Waals surface area contributed by atoms with Gasteiger partial charge in [0.15, 0.2) is 5.03 Å². The van der Waals surface area contributed by atoms with Gasteiger partial charge in [0.2, 0.25) is 0 Å². The molecule has 0 aromatic carbocycles. The third-order valence-electron chi connectivity index (χ3n) is 2.36. The lowest BCUT2D eigenvalue weighted by atomic mass is 10.2. The first-order valence-electron chi connectivity index (χ1n) is 5.43. The molecule has 0 saturated carbocycles. The van der Waals surface area contributed by atoms with E-state index in [2.05, 4.69) is 9.97 Å². The molecule has 0 saturated heterocycles. The number of aromatic carboxylic acids is 1. The zero-order chi connectivity index (χ0) is 15.4. The molecule has 0 aliphatic carbocycles. The number of hydrogen-bond donors (Lipinski definition) is 1. The first kappa shape index (κ1) is 14.4. The second-order valence-corrected chi connectivity index (χ2v) is 4.73. The fraction of sp³-hybridized carbons (Fsp3) is 0. The molecule has 0 bridgehead atoms. The van der Waals surface area contributed by atoms with Gasteiger partial charge in [-0.05, 0) is 18.2 Å². The lowest BCUT2D eigenvalue weighted by Gasteiger charge is -2.03. The van der Waals surface area contributed by atoms with Crippen molar-refractivity contribution in [3.05, 3.63) is 52.0 Å². The standard InChI is InChI=1S/C12H6N4O4S/c13-6-7-1-3-15-11(10(7)16(19)20)21-8-2-4-14-9(5-8)12(17)18/h1-5H,(H,17,18). The van der Waals surface area contributed by atoms with Gasteiger partial charge >= 0.3 is 11.7 Å². The van der Waals surface area contributed by atoms with Gasteiger partial charge in [0.05, 0.1) is 4.92 Å². The van der Waals surface area contributed by atoms with Crippen LogP contribution in [0.25, 0.3) is 0 Å². The number of aromatic nitrogens is 2. The van der Waals surface area contributed by atoms with Crippen LogP contribution in [0.2, 0.25) is 0 Å². The number of carboxylic acid groups (broad SMARTS) is 1. The van der Waals surface area contributed by atoms with Crippen molar-refractivity contribution in [2.24, 2.45) is 0 Å². The van der Waals surface area contributed by atoms with Gasteiger partial charge in [-0.2, -0.15) is 5.26 Å². The topological polar surface area (TPSA) is 130 Å². The molecule has 2 heterocycles. The molecule has 1 N–H and O–H groups in total. The highest BCUT2D eigenvalue weighted by molar-refractivity contribution is 7.99. The first-order chi connectivity index (χ1) is 10.0. The van der Waals surface area contributed by atoms with E-state index in [9.17, 15) is 14.9 Å². The van der Waals surface area contributed by atoms with Crippen LogP contribution in [0.3, 0.4) is 0 Å². The van der Waals surface area contributed by atoms with Gasteiger partial charge in [-0.1, -0.05) is 11.8 Å². The summed E-state index contributed by atoms with van der Waals surface area (Å²) in [5, 5.41) is 28.8. The van der Waals surface area contributed by atoms with Crippen molar-refractivity contribution in [3.63, 3.8) is 0 Å². The average molecular weight is 302 g/mol. The van der Waals surface area contributed by atoms with Crippen LogP contribution in [0.4, 0.5) is 5.69 Å². The Balaban J connectivity index is 2.45. The molecule has 8 nitrogen and oxygen atoms in total. The van der Waals surface area contributed by atoms with Gasteiger partial charge in [0.25, 0.3) is 0 Å². The van der Waals surface area contributed by atoms with E-state index in [1.54, 1.807) is 6.07 Å². The van der Waals surface area contributed by atoms with Crippen LogP contribution in [0.1, 0.15) is 16.1 Å². The maximum Gasteiger partial charge on any atom is 0.354 e. The quantitative estimate of drug-likeness (QED) is 0.671. The van der Waals surface area contributed by atoms with E-state index in [4.69, 9.17) is 10.4 Å². The number of hydrogen-bond acceptors (Lipinski definition) is 7. The zero-order valence-electron chi connectivity index (χ0n) is 10.3. The van der Waals surface area contributed by atoms with Crippen LogP contribution >= 0.6 is 11.8 Å². The summed E-state index contributed by atoms with van der Waals surface area (Å²) in [5.74, 6) is -1.20. The molecule has 0 unspecified atom stereocenters. The third-order valence-corrected chi connectivity index (χ3v) is 3.34. The largest absolute Gasteiger partial charge is 0.477 e. The minimum atomic E-state index is -1.20. The minimum Gasteiger partial charge on any atom is -0.477 e. The zero-order valence-corrected chi connectivity index (χ0v) is 11.1. The molecule has 0 radical (unpaired) electrons. The normalized spacial score (nSPS) is 9.86. The Morgan fingerprint density at radius 2 is 2.10 bits per heavy atom. The Bertz CT molecular complexity index is 772. The average Bonchev–Trinajstić information content (AvgIpc) is 2.46. The third kappa shape index (κ3) is 3.13. The molecule has 9 heteroatoms. The van der Waals surface area contributed by atoms with E-state index in [0.29, 0.717) is 4.90 Å². The van der Waals surface area contributed by atoms with E-state index in [0.717, 1.165) is 11.8 Å². The number of carboxylic acids is 1. The summed E-state index contributed by atoms with van der Waals surface area (Å²) in [6.45, 7) is 0. The van der Waals surface area contributed by atoms with Crippen LogP contribution in [-0.2, 0) is 0 Å². The van der Waals surface area contributed by atoms with Crippen LogP contribution in [0.15, 0.2) is 40.5 Å². The maximum atomic E-state index is 11.1. The van der Waals surface area contributed by atoms with Gasteiger partial charge in [0.1, 0.15) is 17.3 Å². The molecule has 2 aromatic rings. The molecule has 0 aliphatic rings. The van der Waals surface area contributed by atoms with Gasteiger partial charge in [-0.3, -0.25) is 10.1 Å². The fourth-order valence-electron chi connectivity index (χ4n) is 1.48. The number of nitrogens with zero attached hydrogens (tertiary/aromatic N) is 4. The molecular weight excluding hydrogens is 296 g/mol. The molecule has 2 rings (SSSR count). The molecule has 0 atom stereocenters. The van der Waals surface area contributed by atoms with Crippen LogP contribution in [0.5, 0.6) is 0 Å². The molecule has 2 aromatic heterocycles. The molecule has 0 spiro atoms. The minimum absolute atomic E-state index is 0.0154. The highest BCUT2D eigenvalue weighted by Crippen LogP contribution is 2.34. The first-order valence-corrected chi connectivity index (χ1v) is 6.25. The number of rotatable bonds is 4. The number of nitriles is 1. The fourth-order valence-corrected chi connectivity index (χ4v) is 2.40. The van der Waals surface area contributed by atoms with E-state index >= 15 is 0 Å². The van der Waals surface area contributed by atoms with Crippen LogP contribution in [0, 0.1) is 21.4 Å². The second-order valence-electron chi connectivity index (χ2n) is 3.67. The summed E-state index contributed by atoms with van der Waals surface area (Å²) in [6.07, 6.45) is 2.57. The maximum absolute atomic E-state index is 11.1. The van der Waals surface area contributed by atoms with Crippen molar-refractivity contribution < 1.29 is 14.8 Å². The summed E-state index contributed by atoms with van der Waals surface area (Å²) in [4.78, 5) is 29.2. The van der Waals surface area contributed by atoms with Gasteiger partial charge < -0.3 is 5.11 Å². The highest BCUT2D eigenvalue weighted by Gasteiger charge is 2.22. The summed E-state index contributed by atoms with van der Waals surface area (Å²) >= 11 is 0.896. The van der Waals surface area contributed by atoms with E-state index in [-0.39, 0.29) is 16.3 Å². The lowest BCUT2D eigenvalue weighted by molar-refractivity contribution is -0.388. The molecule has 104 valence electrons. The van der Waals surface area contributed by atoms with Gasteiger partial charge in [0, 0.05) is 17.3 Å². The SMILES string of the molecule is N#Cc1ccnc(Sc2ccnc(C(=O)O)c2)c1[N+](=O)[O-]. The highest BCUT2D eigenvalue weighted by atomic mass is 32.2. The molecule has 21 heavy (non-hydrogen) atoms. The summed E-state index contributed by atoms with van der Waals surface area (Å²) < 4.78 is 0. The van der Waals surface area contributed by atoms with Crippen LogP contribution in [-0.4, -0.2) is 26.0 Å². The lowest BCUT2D eigenvalue weighted by Crippen LogP contribution is -2.00. The molecule has 0 aliphatic heterocycles. The number of carbonyl (C=O) groups is 1. The molecule has 0 amide bonds. The van der Waals surface area contributed by atoms with E-state index < -0.39 is 16.6 Å². The summed E-state index contributed by atoms with van der Waals surface area (Å²) in [6, 6.07) is 5.76. The van der Waals surface area contributed by atoms with E-state index in [1.807, 2.05) is 0 Å². The van der Waals surface area contributed by atoms with Crippen molar-refractivity contribution >= 4 is 23.4 Å². The number of pyridine rings is 2. The Hall–Kier alpha value is -2.99. The monoisotopic (exact) mass is 302 g/mol. The van der Waals surface area contributed by atoms with Crippen molar-refractivity contribution in [3.8, 4) is 6.07 Å². The molecular formula is C12H6N4O4S. The van der Waals surface area contributed by atoms with Crippen molar-refractivity contribution in [1.82, 2.24) is 9.97 Å². The predicted molar refractivity (Wildman–Crippen MR) is 70.9 cm³/mol. The second kappa shape index (κ2) is 5.98. The predicted octanol–water partition coefficient (Wildman–Crippen LogP) is 2.11. The molecule has 0 fully saturated rings. The van der Waals surface area contributed by atoms with Crippen LogP contribution < -0.4 is 0 Å². The Kier molecular flexibility index (Phi) is 4.10. The smallest absolute Gasteiger partial charge is 0.354 e. The summed E-state index contributed by atoms with van der Waals surface area (Å²) in [7, 11) is 0. The van der Waals surface area contributed by atoms with Crippen molar-refractivity contribution in [2.75, 3.05) is 0 Å². The van der Waals surface area contributed by atoms with Crippen molar-refractivity contribution in [1.29, 1.82) is 5.26 Å². The Morgan fingerprint density at radius 3 is 2.71 bits per heavy atom.